The van der Waals surface area contributed by atoms with Crippen LogP contribution in [0.2, 0.25) is 0 Å². The molecule has 0 aliphatic carbocycles. The van der Waals surface area contributed by atoms with Crippen molar-refractivity contribution in [1.29, 1.82) is 0 Å². The van der Waals surface area contributed by atoms with Gasteiger partial charge in [-0.2, -0.15) is 0 Å². The number of hydrogen-bond acceptors (Lipinski definition) is 5. The van der Waals surface area contributed by atoms with Gasteiger partial charge in [-0.15, -0.1) is 0 Å². The Bertz CT molecular complexity index is 368. The SMILES string of the molecule is COc1cc(CNCCO)cc([N+](=O)[O-])c1. The van der Waals surface area contributed by atoms with Crippen molar-refractivity contribution in [3.05, 3.63) is 33.9 Å². The number of non-ortho nitro benzene ring substituents is 1. The number of aliphatic hydroxyl groups is 1. The van der Waals surface area contributed by atoms with Crippen molar-refractivity contribution < 1.29 is 14.8 Å². The maximum atomic E-state index is 10.6. The topological polar surface area (TPSA) is 84.6 Å². The van der Waals surface area contributed by atoms with E-state index in [1.165, 1.54) is 19.2 Å². The summed E-state index contributed by atoms with van der Waals surface area (Å²) in [6.07, 6.45) is 0. The van der Waals surface area contributed by atoms with Crippen LogP contribution >= 0.6 is 0 Å². The van der Waals surface area contributed by atoms with E-state index in [-0.39, 0.29) is 12.3 Å². The van der Waals surface area contributed by atoms with Gasteiger partial charge in [0.15, 0.2) is 0 Å². The average molecular weight is 226 g/mol. The van der Waals surface area contributed by atoms with Crippen molar-refractivity contribution in [3.63, 3.8) is 0 Å². The Kier molecular flexibility index (Phi) is 4.68. The Hall–Kier alpha value is -1.66. The molecular weight excluding hydrogens is 212 g/mol. The molecule has 1 aromatic carbocycles. The molecule has 0 bridgehead atoms. The molecule has 16 heavy (non-hydrogen) atoms. The Morgan fingerprint density at radius 3 is 2.81 bits per heavy atom. The van der Waals surface area contributed by atoms with Gasteiger partial charge in [0, 0.05) is 19.2 Å². The fourth-order valence-electron chi connectivity index (χ4n) is 1.28. The Morgan fingerprint density at radius 2 is 2.25 bits per heavy atom. The quantitative estimate of drug-likeness (QED) is 0.423. The van der Waals surface area contributed by atoms with Gasteiger partial charge in [-0.25, -0.2) is 0 Å². The molecule has 0 atom stereocenters. The Labute approximate surface area is 93.0 Å². The summed E-state index contributed by atoms with van der Waals surface area (Å²) < 4.78 is 4.97. The number of methoxy groups -OCH3 is 1. The highest BCUT2D eigenvalue weighted by Crippen LogP contribution is 2.22. The van der Waals surface area contributed by atoms with Crippen molar-refractivity contribution >= 4 is 5.69 Å². The van der Waals surface area contributed by atoms with Gasteiger partial charge in [0.05, 0.1) is 24.7 Å². The predicted octanol–water partition coefficient (Wildman–Crippen LogP) is 0.685. The molecule has 88 valence electrons. The molecule has 0 aliphatic heterocycles. The normalized spacial score (nSPS) is 10.1. The molecule has 0 amide bonds. The van der Waals surface area contributed by atoms with Gasteiger partial charge in [0.1, 0.15) is 5.75 Å². The zero-order valence-corrected chi connectivity index (χ0v) is 8.97. The first kappa shape index (κ1) is 12.4. The highest BCUT2D eigenvalue weighted by atomic mass is 16.6. The summed E-state index contributed by atoms with van der Waals surface area (Å²) in [5.41, 5.74) is 0.750. The molecule has 6 nitrogen and oxygen atoms in total. The van der Waals surface area contributed by atoms with E-state index in [4.69, 9.17) is 9.84 Å². The summed E-state index contributed by atoms with van der Waals surface area (Å²) in [4.78, 5) is 10.2. The Balaban J connectivity index is 2.82. The standard InChI is InChI=1S/C10H14N2O4/c1-16-10-5-8(7-11-2-3-13)4-9(6-10)12(14)15/h4-6,11,13H,2-3,7H2,1H3. The van der Waals surface area contributed by atoms with E-state index in [0.29, 0.717) is 18.8 Å². The van der Waals surface area contributed by atoms with Crippen molar-refractivity contribution in [2.45, 2.75) is 6.54 Å². The summed E-state index contributed by atoms with van der Waals surface area (Å²) in [6, 6.07) is 4.57. The molecule has 1 aromatic rings. The third-order valence-corrected chi connectivity index (χ3v) is 2.02. The third-order valence-electron chi connectivity index (χ3n) is 2.02. The van der Waals surface area contributed by atoms with Gasteiger partial charge in [0.25, 0.3) is 5.69 Å². The summed E-state index contributed by atoms with van der Waals surface area (Å²) >= 11 is 0. The zero-order valence-electron chi connectivity index (χ0n) is 8.97. The lowest BCUT2D eigenvalue weighted by Gasteiger charge is -2.05. The minimum Gasteiger partial charge on any atom is -0.496 e. The maximum Gasteiger partial charge on any atom is 0.273 e. The number of ether oxygens (including phenoxy) is 1. The zero-order chi connectivity index (χ0) is 12.0. The van der Waals surface area contributed by atoms with E-state index in [1.807, 2.05) is 0 Å². The smallest absolute Gasteiger partial charge is 0.273 e. The van der Waals surface area contributed by atoms with Crippen LogP contribution in [0.25, 0.3) is 0 Å². The average Bonchev–Trinajstić information content (AvgIpc) is 2.29. The van der Waals surface area contributed by atoms with E-state index in [9.17, 15) is 10.1 Å². The lowest BCUT2D eigenvalue weighted by molar-refractivity contribution is -0.385. The number of nitrogens with one attached hydrogen (secondary N) is 1. The number of nitrogens with zero attached hydrogens (tertiary/aromatic N) is 1. The summed E-state index contributed by atoms with van der Waals surface area (Å²) in [5.74, 6) is 0.454. The minimum absolute atomic E-state index is 0.000137. The molecule has 0 unspecified atom stereocenters. The predicted molar refractivity (Wildman–Crippen MR) is 58.4 cm³/mol. The van der Waals surface area contributed by atoms with Crippen LogP contribution in [0.15, 0.2) is 18.2 Å². The van der Waals surface area contributed by atoms with E-state index in [1.54, 1.807) is 6.07 Å². The second-order valence-corrected chi connectivity index (χ2v) is 3.20. The first-order valence-electron chi connectivity index (χ1n) is 4.81. The molecule has 0 spiro atoms. The molecule has 0 aromatic heterocycles. The number of hydrogen-bond donors (Lipinski definition) is 2. The lowest BCUT2D eigenvalue weighted by Crippen LogP contribution is -2.17. The monoisotopic (exact) mass is 226 g/mol. The van der Waals surface area contributed by atoms with Crippen molar-refractivity contribution in [2.24, 2.45) is 0 Å². The molecule has 0 aliphatic rings. The lowest BCUT2D eigenvalue weighted by atomic mass is 10.2. The van der Waals surface area contributed by atoms with E-state index in [0.717, 1.165) is 5.56 Å². The first-order chi connectivity index (χ1) is 7.67. The molecular formula is C10H14N2O4. The van der Waals surface area contributed by atoms with E-state index in [2.05, 4.69) is 5.32 Å². The summed E-state index contributed by atoms with van der Waals surface area (Å²) in [5, 5.41) is 22.2. The van der Waals surface area contributed by atoms with Gasteiger partial charge in [-0.1, -0.05) is 0 Å². The number of nitro groups is 1. The second-order valence-electron chi connectivity index (χ2n) is 3.20. The van der Waals surface area contributed by atoms with Crippen molar-refractivity contribution in [3.8, 4) is 5.75 Å². The van der Waals surface area contributed by atoms with Crippen LogP contribution in [0.4, 0.5) is 5.69 Å². The molecule has 0 radical (unpaired) electrons. The van der Waals surface area contributed by atoms with Crippen LogP contribution in [0.5, 0.6) is 5.75 Å². The van der Waals surface area contributed by atoms with Gasteiger partial charge >= 0.3 is 0 Å². The minimum atomic E-state index is -0.460. The van der Waals surface area contributed by atoms with Crippen LogP contribution in [0, 0.1) is 10.1 Å². The van der Waals surface area contributed by atoms with Gasteiger partial charge in [0.2, 0.25) is 0 Å². The summed E-state index contributed by atoms with van der Waals surface area (Å²) in [6.45, 7) is 0.940. The van der Waals surface area contributed by atoms with E-state index >= 15 is 0 Å². The van der Waals surface area contributed by atoms with E-state index < -0.39 is 4.92 Å². The van der Waals surface area contributed by atoms with Crippen molar-refractivity contribution in [2.75, 3.05) is 20.3 Å². The molecule has 0 heterocycles. The Morgan fingerprint density at radius 1 is 1.50 bits per heavy atom. The molecule has 0 fully saturated rings. The highest BCUT2D eigenvalue weighted by Gasteiger charge is 2.09. The fraction of sp³-hybridized carbons (Fsp3) is 0.400. The number of nitro benzene ring substituents is 1. The highest BCUT2D eigenvalue weighted by molar-refractivity contribution is 5.42. The molecule has 1 rings (SSSR count). The van der Waals surface area contributed by atoms with Gasteiger partial charge in [-0.3, -0.25) is 10.1 Å². The van der Waals surface area contributed by atoms with Crippen molar-refractivity contribution in [1.82, 2.24) is 5.32 Å². The third kappa shape index (κ3) is 3.48. The number of benzene rings is 1. The number of rotatable bonds is 6. The largest absolute Gasteiger partial charge is 0.496 e. The molecule has 2 N–H and O–H groups in total. The van der Waals surface area contributed by atoms with Crippen LogP contribution in [-0.4, -0.2) is 30.3 Å². The fourth-order valence-corrected chi connectivity index (χ4v) is 1.28. The maximum absolute atomic E-state index is 10.6. The van der Waals surface area contributed by atoms with Gasteiger partial charge < -0.3 is 15.2 Å². The molecule has 6 heteroatoms. The van der Waals surface area contributed by atoms with Crippen LogP contribution in [0.3, 0.4) is 0 Å². The molecule has 0 saturated heterocycles. The van der Waals surface area contributed by atoms with Gasteiger partial charge in [-0.05, 0) is 11.6 Å². The van der Waals surface area contributed by atoms with Crippen LogP contribution in [0.1, 0.15) is 5.56 Å². The number of aliphatic hydroxyl groups excluding tert-OH is 1. The first-order valence-corrected chi connectivity index (χ1v) is 4.81. The molecule has 0 saturated carbocycles. The van der Waals surface area contributed by atoms with Crippen LogP contribution < -0.4 is 10.1 Å². The summed E-state index contributed by atoms with van der Waals surface area (Å²) in [7, 11) is 1.46. The second kappa shape index (κ2) is 6.04. The van der Waals surface area contributed by atoms with Crippen LogP contribution in [-0.2, 0) is 6.54 Å².